The molecule has 2 heterocycles. The molecule has 1 aromatic carbocycles. The number of rotatable bonds is 8. The number of carbonyl (C=O) groups excluding carboxylic acids is 1. The molecule has 7 nitrogen and oxygen atoms in total. The molecule has 1 N–H and O–H groups in total. The zero-order chi connectivity index (χ0) is 20.0. The lowest BCUT2D eigenvalue weighted by Crippen LogP contribution is -2.64. The number of benzene rings is 1. The Morgan fingerprint density at radius 1 is 1.18 bits per heavy atom. The van der Waals surface area contributed by atoms with Gasteiger partial charge in [0.05, 0.1) is 30.9 Å². The Bertz CT molecular complexity index is 605. The molecule has 2 bridgehead atoms. The monoisotopic (exact) mass is 393 g/mol. The summed E-state index contributed by atoms with van der Waals surface area (Å²) in [4.78, 5) is 14.5. The molecular formula is C21H31NO6. The van der Waals surface area contributed by atoms with E-state index in [1.54, 1.807) is 4.90 Å². The molecule has 2 fully saturated rings. The molecule has 0 aliphatic carbocycles. The Hall–Kier alpha value is -1.67. The highest BCUT2D eigenvalue weighted by Crippen LogP contribution is 2.38. The Morgan fingerprint density at radius 2 is 1.79 bits per heavy atom. The van der Waals surface area contributed by atoms with Gasteiger partial charge in [-0.25, -0.2) is 4.79 Å². The second kappa shape index (κ2) is 9.69. The van der Waals surface area contributed by atoms with Crippen molar-refractivity contribution in [2.75, 3.05) is 26.4 Å². The molecule has 0 aromatic heterocycles. The highest BCUT2D eigenvalue weighted by Gasteiger charge is 2.49. The first-order valence-electron chi connectivity index (χ1n) is 10.1. The minimum absolute atomic E-state index is 0.218. The molecular weight excluding hydrogens is 362 g/mol. The highest BCUT2D eigenvalue weighted by molar-refractivity contribution is 5.69. The summed E-state index contributed by atoms with van der Waals surface area (Å²) in [6.45, 7) is 5.88. The normalized spacial score (nSPS) is 27.1. The molecule has 28 heavy (non-hydrogen) atoms. The van der Waals surface area contributed by atoms with Crippen molar-refractivity contribution in [1.29, 1.82) is 0 Å². The predicted octanol–water partition coefficient (Wildman–Crippen LogP) is 2.71. The standard InChI is InChI=1S/C21H31NO6/c1-3-26-19(27-4-2)12-21(24)10-17-14-25-15-18(11-21)22(17)20(23)28-13-16-8-6-5-7-9-16/h5-9,17-19,24H,3-4,10-15H2,1-2H3. The zero-order valence-corrected chi connectivity index (χ0v) is 16.7. The lowest BCUT2D eigenvalue weighted by Gasteiger charge is -2.51. The third-order valence-corrected chi connectivity index (χ3v) is 5.31. The number of morpholine rings is 1. The van der Waals surface area contributed by atoms with Gasteiger partial charge < -0.3 is 24.1 Å². The van der Waals surface area contributed by atoms with Crippen molar-refractivity contribution in [1.82, 2.24) is 4.90 Å². The van der Waals surface area contributed by atoms with E-state index in [1.165, 1.54) is 0 Å². The molecule has 1 aromatic rings. The summed E-state index contributed by atoms with van der Waals surface area (Å²) in [5.41, 5.74) is -0.00770. The summed E-state index contributed by atoms with van der Waals surface area (Å²) >= 11 is 0. The summed E-state index contributed by atoms with van der Waals surface area (Å²) in [6, 6.07) is 9.17. The Balaban J connectivity index is 1.62. The number of ether oxygens (including phenoxy) is 4. The van der Waals surface area contributed by atoms with Crippen molar-refractivity contribution in [2.45, 2.75) is 63.7 Å². The number of carbonyl (C=O) groups is 1. The van der Waals surface area contributed by atoms with Gasteiger partial charge in [-0.05, 0) is 32.3 Å². The van der Waals surface area contributed by atoms with Crippen LogP contribution >= 0.6 is 0 Å². The minimum Gasteiger partial charge on any atom is -0.445 e. The largest absolute Gasteiger partial charge is 0.445 e. The van der Waals surface area contributed by atoms with E-state index in [-0.39, 0.29) is 24.8 Å². The van der Waals surface area contributed by atoms with Crippen LogP contribution in [0, 0.1) is 0 Å². The molecule has 0 spiro atoms. The second-order valence-electron chi connectivity index (χ2n) is 7.47. The Kier molecular flexibility index (Phi) is 7.29. The quantitative estimate of drug-likeness (QED) is 0.685. The minimum atomic E-state index is -0.954. The first-order valence-corrected chi connectivity index (χ1v) is 10.1. The maximum absolute atomic E-state index is 12.7. The summed E-state index contributed by atoms with van der Waals surface area (Å²) in [5, 5.41) is 11.2. The zero-order valence-electron chi connectivity index (χ0n) is 16.7. The van der Waals surface area contributed by atoms with Crippen molar-refractivity contribution in [2.24, 2.45) is 0 Å². The van der Waals surface area contributed by atoms with Crippen molar-refractivity contribution in [3.8, 4) is 0 Å². The van der Waals surface area contributed by atoms with Gasteiger partial charge >= 0.3 is 6.09 Å². The topological polar surface area (TPSA) is 77.5 Å². The van der Waals surface area contributed by atoms with Crippen LogP contribution in [-0.2, 0) is 25.6 Å². The average molecular weight is 393 g/mol. The van der Waals surface area contributed by atoms with Gasteiger partial charge in [-0.1, -0.05) is 30.3 Å². The number of aliphatic hydroxyl groups is 1. The van der Waals surface area contributed by atoms with E-state index < -0.39 is 11.9 Å². The van der Waals surface area contributed by atoms with E-state index in [4.69, 9.17) is 18.9 Å². The maximum atomic E-state index is 12.7. The fraction of sp³-hybridized carbons (Fsp3) is 0.667. The smallest absolute Gasteiger partial charge is 0.410 e. The SMILES string of the molecule is CCOC(CC1(O)CC2COCC(C1)N2C(=O)OCc1ccccc1)OCC. The van der Waals surface area contributed by atoms with Crippen LogP contribution in [-0.4, -0.2) is 66.5 Å². The van der Waals surface area contributed by atoms with Crippen molar-refractivity contribution >= 4 is 6.09 Å². The number of nitrogens with zero attached hydrogens (tertiary/aromatic N) is 1. The third-order valence-electron chi connectivity index (χ3n) is 5.31. The third kappa shape index (κ3) is 5.23. The number of amides is 1. The first kappa shape index (κ1) is 21.0. The van der Waals surface area contributed by atoms with Crippen LogP contribution in [0.2, 0.25) is 0 Å². The molecule has 3 rings (SSSR count). The van der Waals surface area contributed by atoms with E-state index >= 15 is 0 Å². The lowest BCUT2D eigenvalue weighted by atomic mass is 9.79. The van der Waals surface area contributed by atoms with E-state index in [1.807, 2.05) is 44.2 Å². The van der Waals surface area contributed by atoms with Gasteiger partial charge in [0, 0.05) is 19.6 Å². The van der Waals surface area contributed by atoms with Crippen LogP contribution in [0.1, 0.15) is 38.7 Å². The van der Waals surface area contributed by atoms with Gasteiger partial charge in [-0.15, -0.1) is 0 Å². The average Bonchev–Trinajstić information content (AvgIpc) is 2.66. The van der Waals surface area contributed by atoms with Crippen LogP contribution in [0.3, 0.4) is 0 Å². The van der Waals surface area contributed by atoms with Gasteiger partial charge in [0.1, 0.15) is 6.61 Å². The molecule has 1 amide bonds. The van der Waals surface area contributed by atoms with Gasteiger partial charge in [0.2, 0.25) is 0 Å². The van der Waals surface area contributed by atoms with Crippen LogP contribution in [0.5, 0.6) is 0 Å². The molecule has 2 unspecified atom stereocenters. The van der Waals surface area contributed by atoms with Gasteiger partial charge in [-0.2, -0.15) is 0 Å². The van der Waals surface area contributed by atoms with E-state index in [9.17, 15) is 9.90 Å². The number of piperidine rings is 1. The van der Waals surface area contributed by atoms with Crippen molar-refractivity contribution in [3.63, 3.8) is 0 Å². The summed E-state index contributed by atoms with van der Waals surface area (Å²) in [5.74, 6) is 0. The number of hydrogen-bond acceptors (Lipinski definition) is 6. The van der Waals surface area contributed by atoms with E-state index in [0.29, 0.717) is 45.7 Å². The lowest BCUT2D eigenvalue weighted by molar-refractivity contribution is -0.195. The van der Waals surface area contributed by atoms with Crippen molar-refractivity contribution in [3.05, 3.63) is 35.9 Å². The van der Waals surface area contributed by atoms with Gasteiger partial charge in [-0.3, -0.25) is 4.90 Å². The fourth-order valence-electron chi connectivity index (χ4n) is 4.18. The highest BCUT2D eigenvalue weighted by atomic mass is 16.7. The van der Waals surface area contributed by atoms with Crippen LogP contribution in [0.25, 0.3) is 0 Å². The van der Waals surface area contributed by atoms with Gasteiger partial charge in [0.25, 0.3) is 0 Å². The van der Waals surface area contributed by atoms with Crippen LogP contribution in [0.4, 0.5) is 4.79 Å². The van der Waals surface area contributed by atoms with Crippen molar-refractivity contribution < 1.29 is 28.8 Å². The number of hydrogen-bond donors (Lipinski definition) is 1. The summed E-state index contributed by atoms with van der Waals surface area (Å²) in [6.07, 6.45) is 0.420. The Morgan fingerprint density at radius 3 is 2.36 bits per heavy atom. The molecule has 7 heteroatoms. The molecule has 2 saturated heterocycles. The molecule has 2 aliphatic heterocycles. The summed E-state index contributed by atoms with van der Waals surface area (Å²) in [7, 11) is 0. The second-order valence-corrected chi connectivity index (χ2v) is 7.47. The number of fused-ring (bicyclic) bond motifs is 2. The molecule has 0 saturated carbocycles. The molecule has 0 radical (unpaired) electrons. The molecule has 2 atom stereocenters. The Labute approximate surface area is 166 Å². The summed E-state index contributed by atoms with van der Waals surface area (Å²) < 4.78 is 22.4. The van der Waals surface area contributed by atoms with E-state index in [0.717, 1.165) is 5.56 Å². The maximum Gasteiger partial charge on any atom is 0.410 e. The fourth-order valence-corrected chi connectivity index (χ4v) is 4.18. The van der Waals surface area contributed by atoms with E-state index in [2.05, 4.69) is 0 Å². The predicted molar refractivity (Wildman–Crippen MR) is 103 cm³/mol. The van der Waals surface area contributed by atoms with Gasteiger partial charge in [0.15, 0.2) is 6.29 Å². The molecule has 156 valence electrons. The van der Waals surface area contributed by atoms with Crippen LogP contribution in [0.15, 0.2) is 30.3 Å². The first-order chi connectivity index (χ1) is 13.5. The molecule has 2 aliphatic rings. The van der Waals surface area contributed by atoms with Crippen LogP contribution < -0.4 is 0 Å².